The number of anilines is 1. The lowest BCUT2D eigenvalue weighted by Crippen LogP contribution is -2.23. The number of hydrogen-bond acceptors (Lipinski definition) is 6. The summed E-state index contributed by atoms with van der Waals surface area (Å²) in [5.41, 5.74) is 0.222. The highest BCUT2D eigenvalue weighted by molar-refractivity contribution is 5.69. The van der Waals surface area contributed by atoms with Crippen LogP contribution in [-0.4, -0.2) is 42.9 Å². The van der Waals surface area contributed by atoms with Gasteiger partial charge in [0.15, 0.2) is 0 Å². The van der Waals surface area contributed by atoms with Crippen molar-refractivity contribution < 1.29 is 28.9 Å². The van der Waals surface area contributed by atoms with Crippen molar-refractivity contribution in [3.8, 4) is 11.5 Å². The monoisotopic (exact) mass is 353 g/mol. The highest BCUT2D eigenvalue weighted by Gasteiger charge is 2.15. The van der Waals surface area contributed by atoms with E-state index in [9.17, 15) is 9.59 Å². The van der Waals surface area contributed by atoms with Crippen LogP contribution in [0, 0.1) is 0 Å². The van der Waals surface area contributed by atoms with E-state index in [2.05, 4.69) is 5.32 Å². The van der Waals surface area contributed by atoms with E-state index in [1.165, 1.54) is 7.11 Å². The Morgan fingerprint density at radius 2 is 1.92 bits per heavy atom. The summed E-state index contributed by atoms with van der Waals surface area (Å²) >= 11 is 0. The van der Waals surface area contributed by atoms with Crippen molar-refractivity contribution in [3.63, 3.8) is 0 Å². The molecule has 1 aromatic rings. The molecule has 0 heterocycles. The predicted molar refractivity (Wildman–Crippen MR) is 94.3 cm³/mol. The van der Waals surface area contributed by atoms with E-state index in [1.807, 2.05) is 20.8 Å². The summed E-state index contributed by atoms with van der Waals surface area (Å²) in [7, 11) is 1.53. The summed E-state index contributed by atoms with van der Waals surface area (Å²) in [6.45, 7) is 6.19. The molecule has 0 atom stereocenters. The molecule has 2 N–H and O–H groups in total. The minimum Gasteiger partial charge on any atom is -0.494 e. The van der Waals surface area contributed by atoms with Crippen LogP contribution < -0.4 is 14.8 Å². The average Bonchev–Trinajstić information content (AvgIpc) is 2.50. The molecule has 25 heavy (non-hydrogen) atoms. The van der Waals surface area contributed by atoms with Crippen LogP contribution in [-0.2, 0) is 14.3 Å². The Bertz CT molecular complexity index is 579. The molecule has 1 rings (SSSR count). The lowest BCUT2D eigenvalue weighted by atomic mass is 10.2. The second-order valence-corrected chi connectivity index (χ2v) is 6.47. The highest BCUT2D eigenvalue weighted by atomic mass is 16.6. The van der Waals surface area contributed by atoms with Crippen LogP contribution in [0.3, 0.4) is 0 Å². The van der Waals surface area contributed by atoms with E-state index < -0.39 is 11.6 Å². The van der Waals surface area contributed by atoms with Gasteiger partial charge < -0.3 is 24.6 Å². The van der Waals surface area contributed by atoms with Gasteiger partial charge in [0.1, 0.15) is 17.1 Å². The first kappa shape index (κ1) is 20.6. The largest absolute Gasteiger partial charge is 0.494 e. The van der Waals surface area contributed by atoms with Crippen LogP contribution in [0.25, 0.3) is 0 Å². The van der Waals surface area contributed by atoms with Gasteiger partial charge in [-0.3, -0.25) is 9.59 Å². The van der Waals surface area contributed by atoms with Crippen LogP contribution in [0.1, 0.15) is 40.0 Å². The Balaban J connectivity index is 2.44. The lowest BCUT2D eigenvalue weighted by Gasteiger charge is -2.19. The maximum atomic E-state index is 11.6. The fraction of sp³-hybridized carbons (Fsp3) is 0.556. The number of hydrogen-bond donors (Lipinski definition) is 2. The lowest BCUT2D eigenvalue weighted by molar-refractivity contribution is -0.155. The van der Waals surface area contributed by atoms with Crippen molar-refractivity contribution in [1.82, 2.24) is 0 Å². The third kappa shape index (κ3) is 8.83. The molecule has 0 aliphatic carbocycles. The molecule has 7 heteroatoms. The zero-order valence-electron chi connectivity index (χ0n) is 15.3. The number of benzene rings is 1. The van der Waals surface area contributed by atoms with Crippen molar-refractivity contribution in [2.75, 3.05) is 25.6 Å². The fourth-order valence-electron chi connectivity index (χ4n) is 2.01. The van der Waals surface area contributed by atoms with Crippen molar-refractivity contribution in [2.45, 2.75) is 45.6 Å². The molecular weight excluding hydrogens is 326 g/mol. The number of methoxy groups -OCH3 is 1. The number of carbonyl (C=O) groups excluding carboxylic acids is 1. The van der Waals surface area contributed by atoms with Gasteiger partial charge in [-0.2, -0.15) is 0 Å². The molecule has 140 valence electrons. The smallest absolute Gasteiger partial charge is 0.306 e. The molecule has 0 spiro atoms. The average molecular weight is 353 g/mol. The van der Waals surface area contributed by atoms with Gasteiger partial charge in [-0.25, -0.2) is 0 Å². The minimum absolute atomic E-state index is 0.0199. The van der Waals surface area contributed by atoms with Crippen molar-refractivity contribution in [2.24, 2.45) is 0 Å². The first-order valence-electron chi connectivity index (χ1n) is 8.19. The number of carbonyl (C=O) groups is 2. The summed E-state index contributed by atoms with van der Waals surface area (Å²) in [5.74, 6) is 0.0721. The first-order chi connectivity index (χ1) is 11.7. The maximum absolute atomic E-state index is 11.6. The number of ether oxygens (including phenoxy) is 3. The number of rotatable bonds is 10. The number of esters is 1. The van der Waals surface area contributed by atoms with Gasteiger partial charge in [-0.15, -0.1) is 0 Å². The number of carboxylic acid groups (broad SMARTS) is 1. The first-order valence-corrected chi connectivity index (χ1v) is 8.19. The van der Waals surface area contributed by atoms with Crippen molar-refractivity contribution in [3.05, 3.63) is 18.2 Å². The molecule has 0 fully saturated rings. The molecule has 0 saturated heterocycles. The molecule has 0 aliphatic heterocycles. The Morgan fingerprint density at radius 1 is 1.20 bits per heavy atom. The zero-order valence-corrected chi connectivity index (χ0v) is 15.3. The second-order valence-electron chi connectivity index (χ2n) is 6.47. The quantitative estimate of drug-likeness (QED) is 0.493. The summed E-state index contributed by atoms with van der Waals surface area (Å²) < 4.78 is 16.1. The second kappa shape index (κ2) is 9.76. The SMILES string of the molecule is COc1cc(OCCCC(=O)OC(C)(C)C)ccc1NCCC(=O)O. The van der Waals surface area contributed by atoms with Crippen LogP contribution in [0.15, 0.2) is 18.2 Å². The molecule has 0 aliphatic rings. The Hall–Kier alpha value is -2.44. The van der Waals surface area contributed by atoms with Gasteiger partial charge in [-0.1, -0.05) is 0 Å². The van der Waals surface area contributed by atoms with Crippen LogP contribution in [0.4, 0.5) is 5.69 Å². The molecule has 0 bridgehead atoms. The minimum atomic E-state index is -0.864. The third-order valence-corrected chi connectivity index (χ3v) is 3.04. The van der Waals surface area contributed by atoms with Crippen molar-refractivity contribution >= 4 is 17.6 Å². The van der Waals surface area contributed by atoms with Gasteiger partial charge in [0.05, 0.1) is 25.8 Å². The molecule has 0 unspecified atom stereocenters. The van der Waals surface area contributed by atoms with Gasteiger partial charge in [0, 0.05) is 19.0 Å². The topological polar surface area (TPSA) is 94.1 Å². The molecular formula is C18H27NO6. The maximum Gasteiger partial charge on any atom is 0.306 e. The predicted octanol–water partition coefficient (Wildman–Crippen LogP) is 3.08. The third-order valence-electron chi connectivity index (χ3n) is 3.04. The Morgan fingerprint density at radius 3 is 2.52 bits per heavy atom. The van der Waals surface area contributed by atoms with Crippen LogP contribution in [0.5, 0.6) is 11.5 Å². The fourth-order valence-corrected chi connectivity index (χ4v) is 2.01. The normalized spacial score (nSPS) is 10.9. The number of carboxylic acids is 1. The molecule has 0 amide bonds. The summed E-state index contributed by atoms with van der Waals surface area (Å²) in [4.78, 5) is 22.2. The Labute approximate surface area is 148 Å². The molecule has 7 nitrogen and oxygen atoms in total. The van der Waals surface area contributed by atoms with E-state index >= 15 is 0 Å². The van der Waals surface area contributed by atoms with E-state index in [4.69, 9.17) is 19.3 Å². The summed E-state index contributed by atoms with van der Waals surface area (Å²) in [5, 5.41) is 11.7. The van der Waals surface area contributed by atoms with Gasteiger partial charge in [0.25, 0.3) is 0 Å². The molecule has 0 saturated carbocycles. The van der Waals surface area contributed by atoms with Crippen molar-refractivity contribution in [1.29, 1.82) is 0 Å². The van der Waals surface area contributed by atoms with Crippen LogP contribution in [0.2, 0.25) is 0 Å². The van der Waals surface area contributed by atoms with E-state index in [1.54, 1.807) is 18.2 Å². The summed E-state index contributed by atoms with van der Waals surface area (Å²) in [6.07, 6.45) is 0.866. The Kier molecular flexibility index (Phi) is 8.04. The van der Waals surface area contributed by atoms with E-state index in [-0.39, 0.29) is 12.4 Å². The standard InChI is InChI=1S/C18H27NO6/c1-18(2,3)25-17(22)6-5-11-24-13-7-8-14(15(12-13)23-4)19-10-9-16(20)21/h7-8,12,19H,5-6,9-11H2,1-4H3,(H,20,21). The van der Waals surface area contributed by atoms with Gasteiger partial charge >= 0.3 is 11.9 Å². The number of nitrogens with one attached hydrogen (secondary N) is 1. The number of aliphatic carboxylic acids is 1. The highest BCUT2D eigenvalue weighted by Crippen LogP contribution is 2.29. The molecule has 1 aromatic carbocycles. The van der Waals surface area contributed by atoms with Crippen LogP contribution >= 0.6 is 0 Å². The molecule has 0 radical (unpaired) electrons. The van der Waals surface area contributed by atoms with E-state index in [0.717, 1.165) is 0 Å². The van der Waals surface area contributed by atoms with Gasteiger partial charge in [-0.05, 0) is 39.3 Å². The van der Waals surface area contributed by atoms with E-state index in [0.29, 0.717) is 43.2 Å². The zero-order chi connectivity index (χ0) is 18.9. The van der Waals surface area contributed by atoms with Gasteiger partial charge in [0.2, 0.25) is 0 Å². The summed E-state index contributed by atoms with van der Waals surface area (Å²) in [6, 6.07) is 5.25. The molecule has 0 aromatic heterocycles.